The molecule has 0 spiro atoms. The fraction of sp³-hybridized carbons (Fsp3) is 0.688. The van der Waals surface area contributed by atoms with Gasteiger partial charge in [0.05, 0.1) is 17.8 Å². The Hall–Kier alpha value is -0.655. The first-order valence-corrected chi connectivity index (χ1v) is 8.24. The summed E-state index contributed by atoms with van der Waals surface area (Å²) in [6.07, 6.45) is 2.40. The fourth-order valence-electron chi connectivity index (χ4n) is 3.07. The van der Waals surface area contributed by atoms with E-state index < -0.39 is 23.9 Å². The van der Waals surface area contributed by atoms with Gasteiger partial charge in [0.25, 0.3) is 0 Å². The molecule has 2 saturated heterocycles. The third-order valence-electron chi connectivity index (χ3n) is 5.28. The van der Waals surface area contributed by atoms with Crippen LogP contribution in [-0.2, 0) is 24.4 Å². The van der Waals surface area contributed by atoms with Crippen molar-refractivity contribution in [2.24, 2.45) is 0 Å². The standard InChI is InChI=1S/C16H23BClNO4/c1-14(2)15(3,4)23-17(22-14)11-6-8-19-13(18)12(11)16(20-5)7-9-21-10-16/h6,8H,7,9-10H2,1-5H3. The number of pyridine rings is 1. The van der Waals surface area contributed by atoms with Gasteiger partial charge in [-0.15, -0.1) is 0 Å². The van der Waals surface area contributed by atoms with E-state index >= 15 is 0 Å². The molecule has 23 heavy (non-hydrogen) atoms. The summed E-state index contributed by atoms with van der Waals surface area (Å²) in [6, 6.07) is 1.89. The van der Waals surface area contributed by atoms with E-state index in [-0.39, 0.29) is 0 Å². The van der Waals surface area contributed by atoms with Crippen LogP contribution in [0.5, 0.6) is 0 Å². The van der Waals surface area contributed by atoms with Gasteiger partial charge in [0.1, 0.15) is 10.8 Å². The van der Waals surface area contributed by atoms with E-state index in [2.05, 4.69) is 4.98 Å². The number of methoxy groups -OCH3 is 1. The normalized spacial score (nSPS) is 29.2. The Morgan fingerprint density at radius 3 is 2.39 bits per heavy atom. The monoisotopic (exact) mass is 339 g/mol. The number of hydrogen-bond donors (Lipinski definition) is 0. The first-order valence-electron chi connectivity index (χ1n) is 7.86. The van der Waals surface area contributed by atoms with Crippen LogP contribution in [-0.4, -0.2) is 43.6 Å². The van der Waals surface area contributed by atoms with Gasteiger partial charge in [0.2, 0.25) is 0 Å². The van der Waals surface area contributed by atoms with Crippen molar-refractivity contribution >= 4 is 24.2 Å². The molecule has 3 rings (SSSR count). The van der Waals surface area contributed by atoms with Crippen LogP contribution in [0.1, 0.15) is 39.7 Å². The summed E-state index contributed by atoms with van der Waals surface area (Å²) < 4.78 is 23.8. The molecule has 1 atom stereocenters. The zero-order valence-corrected chi connectivity index (χ0v) is 15.1. The van der Waals surface area contributed by atoms with Gasteiger partial charge >= 0.3 is 7.12 Å². The predicted octanol–water partition coefficient (Wildman–Crippen LogP) is 2.30. The summed E-state index contributed by atoms with van der Waals surface area (Å²) in [4.78, 5) is 4.24. The van der Waals surface area contributed by atoms with Crippen molar-refractivity contribution in [2.45, 2.75) is 50.9 Å². The first-order chi connectivity index (χ1) is 10.7. The Kier molecular flexibility index (Phi) is 4.26. The molecule has 2 aliphatic rings. The van der Waals surface area contributed by atoms with Crippen LogP contribution >= 0.6 is 11.6 Å². The van der Waals surface area contributed by atoms with E-state index in [1.54, 1.807) is 13.3 Å². The van der Waals surface area contributed by atoms with Crippen LogP contribution in [0.3, 0.4) is 0 Å². The topological polar surface area (TPSA) is 49.8 Å². The number of halogens is 1. The lowest BCUT2D eigenvalue weighted by Crippen LogP contribution is -2.44. The van der Waals surface area contributed by atoms with Crippen LogP contribution in [0, 0.1) is 0 Å². The van der Waals surface area contributed by atoms with Crippen molar-refractivity contribution < 1.29 is 18.8 Å². The molecule has 5 nitrogen and oxygen atoms in total. The minimum Gasteiger partial charge on any atom is -0.399 e. The van der Waals surface area contributed by atoms with E-state index in [4.69, 9.17) is 30.4 Å². The maximum absolute atomic E-state index is 6.44. The molecule has 0 aliphatic carbocycles. The minimum absolute atomic E-state index is 0.407. The van der Waals surface area contributed by atoms with Gasteiger partial charge in [-0.3, -0.25) is 0 Å². The Morgan fingerprint density at radius 2 is 1.87 bits per heavy atom. The van der Waals surface area contributed by atoms with Crippen LogP contribution < -0.4 is 5.46 Å². The van der Waals surface area contributed by atoms with E-state index in [1.807, 2.05) is 33.8 Å². The van der Waals surface area contributed by atoms with Gasteiger partial charge in [-0.05, 0) is 39.2 Å². The van der Waals surface area contributed by atoms with Crippen molar-refractivity contribution in [3.8, 4) is 0 Å². The molecule has 0 saturated carbocycles. The highest BCUT2D eigenvalue weighted by Gasteiger charge is 2.54. The molecule has 1 unspecified atom stereocenters. The van der Waals surface area contributed by atoms with Gasteiger partial charge in [-0.25, -0.2) is 4.98 Å². The number of ether oxygens (including phenoxy) is 2. The molecule has 0 bridgehead atoms. The number of rotatable bonds is 3. The van der Waals surface area contributed by atoms with Crippen molar-refractivity contribution in [1.29, 1.82) is 0 Å². The molecule has 0 aromatic carbocycles. The second-order valence-corrected chi connectivity index (χ2v) is 7.51. The zero-order valence-electron chi connectivity index (χ0n) is 14.3. The summed E-state index contributed by atoms with van der Waals surface area (Å²) >= 11 is 6.44. The van der Waals surface area contributed by atoms with Crippen LogP contribution in [0.25, 0.3) is 0 Å². The minimum atomic E-state index is -0.607. The van der Waals surface area contributed by atoms with Gasteiger partial charge in [-0.1, -0.05) is 11.6 Å². The second kappa shape index (κ2) is 5.71. The van der Waals surface area contributed by atoms with E-state index in [1.165, 1.54) is 0 Å². The van der Waals surface area contributed by atoms with Crippen molar-refractivity contribution in [3.63, 3.8) is 0 Å². The zero-order chi connectivity index (χ0) is 16.9. The summed E-state index contributed by atoms with van der Waals surface area (Å²) in [7, 11) is 1.16. The average Bonchev–Trinajstić information content (AvgIpc) is 3.02. The summed E-state index contributed by atoms with van der Waals surface area (Å²) in [5, 5.41) is 0.407. The molecule has 1 aromatic rings. The van der Waals surface area contributed by atoms with Crippen molar-refractivity contribution in [2.75, 3.05) is 20.3 Å². The number of nitrogens with zero attached hydrogens (tertiary/aromatic N) is 1. The highest BCUT2D eigenvalue weighted by molar-refractivity contribution is 6.63. The second-order valence-electron chi connectivity index (χ2n) is 7.16. The van der Waals surface area contributed by atoms with Gasteiger partial charge < -0.3 is 18.8 Å². The molecule has 3 heterocycles. The SMILES string of the molecule is COC1(c2c(B3OC(C)(C)C(C)(C)O3)ccnc2Cl)CCOC1. The Morgan fingerprint density at radius 1 is 1.22 bits per heavy atom. The molecule has 1 aromatic heterocycles. The molecular weight excluding hydrogens is 316 g/mol. The first kappa shape index (κ1) is 17.2. The van der Waals surface area contributed by atoms with Crippen LogP contribution in [0.4, 0.5) is 0 Å². The average molecular weight is 340 g/mol. The molecule has 0 N–H and O–H groups in total. The molecule has 126 valence electrons. The van der Waals surface area contributed by atoms with Gasteiger partial charge in [0.15, 0.2) is 0 Å². The summed E-state index contributed by atoms with van der Waals surface area (Å²) in [6.45, 7) is 9.18. The van der Waals surface area contributed by atoms with E-state index in [0.29, 0.717) is 18.4 Å². The molecular formula is C16H23BClNO4. The Bertz CT molecular complexity index is 586. The molecule has 0 radical (unpaired) electrons. The maximum Gasteiger partial charge on any atom is 0.495 e. The Labute approximate surface area is 142 Å². The lowest BCUT2D eigenvalue weighted by atomic mass is 9.72. The maximum atomic E-state index is 6.44. The van der Waals surface area contributed by atoms with Crippen molar-refractivity contribution in [3.05, 3.63) is 23.0 Å². The molecule has 7 heteroatoms. The third-order valence-corrected chi connectivity index (χ3v) is 5.56. The highest BCUT2D eigenvalue weighted by Crippen LogP contribution is 2.40. The Balaban J connectivity index is 2.07. The van der Waals surface area contributed by atoms with Crippen molar-refractivity contribution in [1.82, 2.24) is 4.98 Å². The van der Waals surface area contributed by atoms with Crippen LogP contribution in [0.2, 0.25) is 5.15 Å². The quantitative estimate of drug-likeness (QED) is 0.625. The smallest absolute Gasteiger partial charge is 0.399 e. The van der Waals surface area contributed by atoms with E-state index in [9.17, 15) is 0 Å². The summed E-state index contributed by atoms with van der Waals surface area (Å²) in [5.41, 5.74) is 0.217. The fourth-order valence-corrected chi connectivity index (χ4v) is 3.41. The predicted molar refractivity (Wildman–Crippen MR) is 89.1 cm³/mol. The number of hydrogen-bond acceptors (Lipinski definition) is 5. The molecule has 2 aliphatic heterocycles. The lowest BCUT2D eigenvalue weighted by Gasteiger charge is -2.32. The highest BCUT2D eigenvalue weighted by atomic mass is 35.5. The van der Waals surface area contributed by atoms with Gasteiger partial charge in [-0.2, -0.15) is 0 Å². The molecule has 2 fully saturated rings. The lowest BCUT2D eigenvalue weighted by molar-refractivity contribution is -0.0208. The summed E-state index contributed by atoms with van der Waals surface area (Å²) in [5.74, 6) is 0. The number of aromatic nitrogens is 1. The van der Waals surface area contributed by atoms with Crippen LogP contribution in [0.15, 0.2) is 12.3 Å². The third kappa shape index (κ3) is 2.70. The van der Waals surface area contributed by atoms with Gasteiger partial charge in [0, 0.05) is 31.9 Å². The largest absolute Gasteiger partial charge is 0.495 e. The van der Waals surface area contributed by atoms with E-state index in [0.717, 1.165) is 17.4 Å². The molecule has 0 amide bonds.